The van der Waals surface area contributed by atoms with Crippen molar-refractivity contribution in [1.29, 1.82) is 0 Å². The van der Waals surface area contributed by atoms with Crippen molar-refractivity contribution >= 4 is 38.4 Å². The van der Waals surface area contributed by atoms with Gasteiger partial charge in [-0.25, -0.2) is 14.2 Å². The molecule has 0 aliphatic heterocycles. The number of carbonyl (C=O) groups is 1. The van der Waals surface area contributed by atoms with Gasteiger partial charge in [0.05, 0.1) is 11.3 Å². The molecule has 3 rings (SSSR count). The van der Waals surface area contributed by atoms with Crippen molar-refractivity contribution in [3.05, 3.63) is 48.3 Å². The van der Waals surface area contributed by atoms with Crippen molar-refractivity contribution in [1.82, 2.24) is 4.98 Å². The molecule has 0 saturated carbocycles. The van der Waals surface area contributed by atoms with Gasteiger partial charge in [-0.3, -0.25) is 5.32 Å². The number of benzene rings is 2. The normalized spacial score (nSPS) is 10.5. The quantitative estimate of drug-likeness (QED) is 0.741. The number of anilines is 2. The molecule has 1 heterocycles. The summed E-state index contributed by atoms with van der Waals surface area (Å²) in [6.07, 6.45) is 0. The first-order valence-corrected chi connectivity index (χ1v) is 7.83. The van der Waals surface area contributed by atoms with Gasteiger partial charge in [0, 0.05) is 5.69 Å². The number of rotatable bonds is 4. The van der Waals surface area contributed by atoms with E-state index >= 15 is 0 Å². The number of fused-ring (bicyclic) bond motifs is 1. The number of nitrogens with zero attached hydrogens (tertiary/aromatic N) is 1. The first kappa shape index (κ1) is 15.2. The van der Waals surface area contributed by atoms with Crippen LogP contribution in [0.5, 0.6) is 5.75 Å². The monoisotopic (exact) mass is 331 g/mol. The van der Waals surface area contributed by atoms with Crippen molar-refractivity contribution in [2.75, 3.05) is 17.2 Å². The number of ether oxygens (including phenoxy) is 1. The molecule has 2 aromatic carbocycles. The Labute approximate surface area is 136 Å². The zero-order valence-corrected chi connectivity index (χ0v) is 13.1. The van der Waals surface area contributed by atoms with E-state index in [1.807, 2.05) is 6.92 Å². The highest BCUT2D eigenvalue weighted by atomic mass is 32.1. The Kier molecular flexibility index (Phi) is 4.38. The number of thiazole rings is 1. The van der Waals surface area contributed by atoms with Crippen LogP contribution in [0.25, 0.3) is 10.2 Å². The van der Waals surface area contributed by atoms with Crippen molar-refractivity contribution in [2.24, 2.45) is 0 Å². The molecule has 0 unspecified atom stereocenters. The molecule has 0 aliphatic rings. The molecule has 7 heteroatoms. The van der Waals surface area contributed by atoms with Gasteiger partial charge >= 0.3 is 6.03 Å². The van der Waals surface area contributed by atoms with Gasteiger partial charge < -0.3 is 10.1 Å². The van der Waals surface area contributed by atoms with E-state index in [2.05, 4.69) is 15.6 Å². The number of hydrogen-bond donors (Lipinski definition) is 2. The molecule has 1 aromatic heterocycles. The lowest BCUT2D eigenvalue weighted by Crippen LogP contribution is -2.19. The number of nitrogens with one attached hydrogen (secondary N) is 2. The first-order chi connectivity index (χ1) is 11.2. The summed E-state index contributed by atoms with van der Waals surface area (Å²) < 4.78 is 19.6. The van der Waals surface area contributed by atoms with Gasteiger partial charge in [0.15, 0.2) is 5.13 Å². The van der Waals surface area contributed by atoms with Crippen LogP contribution >= 0.6 is 11.3 Å². The third-order valence-corrected chi connectivity index (χ3v) is 3.95. The Balaban J connectivity index is 1.67. The fourth-order valence-electron chi connectivity index (χ4n) is 2.03. The zero-order valence-electron chi connectivity index (χ0n) is 12.3. The largest absolute Gasteiger partial charge is 0.494 e. The summed E-state index contributed by atoms with van der Waals surface area (Å²) in [4.78, 5) is 16.1. The van der Waals surface area contributed by atoms with Gasteiger partial charge in [0.25, 0.3) is 0 Å². The fraction of sp³-hybridized carbons (Fsp3) is 0.125. The Morgan fingerprint density at radius 3 is 2.70 bits per heavy atom. The van der Waals surface area contributed by atoms with Gasteiger partial charge in [0.2, 0.25) is 0 Å². The molecule has 0 fully saturated rings. The van der Waals surface area contributed by atoms with Crippen LogP contribution in [0.4, 0.5) is 20.0 Å². The lowest BCUT2D eigenvalue weighted by molar-refractivity contribution is 0.262. The summed E-state index contributed by atoms with van der Waals surface area (Å²) in [5.41, 5.74) is 0.882. The number of para-hydroxylation sites is 1. The van der Waals surface area contributed by atoms with Crippen LogP contribution in [-0.2, 0) is 0 Å². The molecule has 0 radical (unpaired) electrons. The number of aromatic nitrogens is 1. The lowest BCUT2D eigenvalue weighted by Gasteiger charge is -2.07. The Hall–Kier alpha value is -2.67. The van der Waals surface area contributed by atoms with Crippen molar-refractivity contribution < 1.29 is 13.9 Å². The average molecular weight is 331 g/mol. The van der Waals surface area contributed by atoms with Crippen LogP contribution in [0.3, 0.4) is 0 Å². The van der Waals surface area contributed by atoms with Gasteiger partial charge in [-0.2, -0.15) is 0 Å². The Bertz CT molecular complexity index is 833. The minimum Gasteiger partial charge on any atom is -0.494 e. The van der Waals surface area contributed by atoms with Gasteiger partial charge in [-0.1, -0.05) is 17.4 Å². The third-order valence-electron chi connectivity index (χ3n) is 3.01. The summed E-state index contributed by atoms with van der Waals surface area (Å²) in [5.74, 6) is 0.332. The molecular weight excluding hydrogens is 317 g/mol. The zero-order chi connectivity index (χ0) is 16.2. The van der Waals surface area contributed by atoms with Gasteiger partial charge in [0.1, 0.15) is 17.1 Å². The van der Waals surface area contributed by atoms with Crippen molar-refractivity contribution in [2.45, 2.75) is 6.92 Å². The van der Waals surface area contributed by atoms with E-state index in [1.54, 1.807) is 36.4 Å². The van der Waals surface area contributed by atoms with Crippen LogP contribution in [0, 0.1) is 5.82 Å². The maximum absolute atomic E-state index is 13.6. The van der Waals surface area contributed by atoms with E-state index in [0.717, 1.165) is 5.75 Å². The van der Waals surface area contributed by atoms with Crippen LogP contribution in [0.15, 0.2) is 42.5 Å². The number of halogens is 1. The highest BCUT2D eigenvalue weighted by molar-refractivity contribution is 7.22. The molecule has 3 aromatic rings. The maximum Gasteiger partial charge on any atom is 0.325 e. The highest BCUT2D eigenvalue weighted by Crippen LogP contribution is 2.27. The molecule has 2 N–H and O–H groups in total. The molecule has 2 amide bonds. The van der Waals surface area contributed by atoms with Crippen LogP contribution < -0.4 is 15.4 Å². The molecule has 0 bridgehead atoms. The van der Waals surface area contributed by atoms with Crippen molar-refractivity contribution in [3.8, 4) is 5.75 Å². The van der Waals surface area contributed by atoms with Gasteiger partial charge in [-0.15, -0.1) is 0 Å². The van der Waals surface area contributed by atoms with E-state index < -0.39 is 11.8 Å². The standard InChI is InChI=1S/C16H14FN3O2S/c1-2-22-11-8-6-10(7-9-11)18-15(21)20-16-19-14-12(17)4-3-5-13(14)23-16/h3-9H,2H2,1H3,(H2,18,19,20,21). The Morgan fingerprint density at radius 2 is 2.00 bits per heavy atom. The molecular formula is C16H14FN3O2S. The second-order valence-electron chi connectivity index (χ2n) is 4.64. The van der Waals surface area contributed by atoms with E-state index in [0.29, 0.717) is 22.1 Å². The third kappa shape index (κ3) is 3.57. The lowest BCUT2D eigenvalue weighted by atomic mass is 10.3. The van der Waals surface area contributed by atoms with E-state index in [9.17, 15) is 9.18 Å². The molecule has 0 atom stereocenters. The summed E-state index contributed by atoms with van der Waals surface area (Å²) in [6.45, 7) is 2.49. The summed E-state index contributed by atoms with van der Waals surface area (Å²) in [6, 6.07) is 11.3. The fourth-order valence-corrected chi connectivity index (χ4v) is 2.90. The van der Waals surface area contributed by atoms with E-state index in [4.69, 9.17) is 4.74 Å². The average Bonchev–Trinajstić information content (AvgIpc) is 2.93. The van der Waals surface area contributed by atoms with E-state index in [-0.39, 0.29) is 5.52 Å². The summed E-state index contributed by atoms with van der Waals surface area (Å²) >= 11 is 1.22. The Morgan fingerprint density at radius 1 is 1.22 bits per heavy atom. The number of hydrogen-bond acceptors (Lipinski definition) is 4. The molecule has 118 valence electrons. The van der Waals surface area contributed by atoms with Crippen LogP contribution in [-0.4, -0.2) is 17.6 Å². The summed E-state index contributed by atoms with van der Waals surface area (Å²) in [5, 5.41) is 5.63. The number of carbonyl (C=O) groups excluding carboxylic acids is 1. The highest BCUT2D eigenvalue weighted by Gasteiger charge is 2.10. The van der Waals surface area contributed by atoms with Gasteiger partial charge in [-0.05, 0) is 43.3 Å². The maximum atomic E-state index is 13.6. The first-order valence-electron chi connectivity index (χ1n) is 7.01. The second-order valence-corrected chi connectivity index (χ2v) is 5.67. The minimum atomic E-state index is -0.436. The predicted molar refractivity (Wildman–Crippen MR) is 89.8 cm³/mol. The smallest absolute Gasteiger partial charge is 0.325 e. The number of urea groups is 1. The van der Waals surface area contributed by atoms with Crippen molar-refractivity contribution in [3.63, 3.8) is 0 Å². The SMILES string of the molecule is CCOc1ccc(NC(=O)Nc2nc3c(F)cccc3s2)cc1. The molecule has 0 saturated heterocycles. The molecule has 5 nitrogen and oxygen atoms in total. The molecule has 0 aliphatic carbocycles. The minimum absolute atomic E-state index is 0.258. The topological polar surface area (TPSA) is 63.2 Å². The molecule has 23 heavy (non-hydrogen) atoms. The van der Waals surface area contributed by atoms with Crippen LogP contribution in [0.1, 0.15) is 6.92 Å². The van der Waals surface area contributed by atoms with Crippen LogP contribution in [0.2, 0.25) is 0 Å². The molecule has 0 spiro atoms. The number of amides is 2. The predicted octanol–water partition coefficient (Wildman–Crippen LogP) is 4.48. The second kappa shape index (κ2) is 6.62. The van der Waals surface area contributed by atoms with E-state index in [1.165, 1.54) is 17.4 Å². The summed E-state index contributed by atoms with van der Waals surface area (Å²) in [7, 11) is 0.